The van der Waals surface area contributed by atoms with Gasteiger partial charge in [0.25, 0.3) is 0 Å². The van der Waals surface area contributed by atoms with Gasteiger partial charge >= 0.3 is 0 Å². The van der Waals surface area contributed by atoms with E-state index in [4.69, 9.17) is 5.73 Å². The molecule has 0 aromatic heterocycles. The molecule has 1 aromatic rings. The highest BCUT2D eigenvalue weighted by molar-refractivity contribution is 5.85. The van der Waals surface area contributed by atoms with Gasteiger partial charge in [-0.15, -0.1) is 12.4 Å². The van der Waals surface area contributed by atoms with E-state index in [1.165, 1.54) is 18.4 Å². The summed E-state index contributed by atoms with van der Waals surface area (Å²) in [4.78, 5) is 16.4. The number of benzene rings is 1. The molecule has 1 fully saturated rings. The van der Waals surface area contributed by atoms with E-state index < -0.39 is 0 Å². The molecule has 2 N–H and O–H groups in total. The fourth-order valence-corrected chi connectivity index (χ4v) is 2.97. The van der Waals surface area contributed by atoms with Gasteiger partial charge in [0.2, 0.25) is 5.91 Å². The minimum absolute atomic E-state index is 0. The number of rotatable bonds is 4. The molecule has 0 saturated heterocycles. The number of hydrogen-bond acceptors (Lipinski definition) is 3. The second-order valence-electron chi connectivity index (χ2n) is 6.09. The largest absolute Gasteiger partial charge is 0.398 e. The van der Waals surface area contributed by atoms with Crippen molar-refractivity contribution in [3.8, 4) is 0 Å². The third kappa shape index (κ3) is 3.62. The van der Waals surface area contributed by atoms with Crippen LogP contribution in [0.4, 0.5) is 11.4 Å². The number of nitrogens with two attached hydrogens (primary N) is 1. The molecular weight excluding hydrogens is 286 g/mol. The van der Waals surface area contributed by atoms with E-state index in [0.29, 0.717) is 6.54 Å². The van der Waals surface area contributed by atoms with Gasteiger partial charge in [-0.2, -0.15) is 0 Å². The van der Waals surface area contributed by atoms with Crippen LogP contribution in [0.1, 0.15) is 24.8 Å². The molecule has 2 aliphatic rings. The Morgan fingerprint density at radius 1 is 1.43 bits per heavy atom. The Hall–Kier alpha value is -1.42. The fourth-order valence-electron chi connectivity index (χ4n) is 2.97. The van der Waals surface area contributed by atoms with E-state index in [2.05, 4.69) is 11.0 Å². The van der Waals surface area contributed by atoms with Crippen LogP contribution in [0.5, 0.6) is 0 Å². The zero-order chi connectivity index (χ0) is 14.1. The van der Waals surface area contributed by atoms with Crippen molar-refractivity contribution in [2.75, 3.05) is 37.3 Å². The van der Waals surface area contributed by atoms with E-state index in [1.807, 2.05) is 24.1 Å². The molecular formula is C16H24ClN3O. The van der Waals surface area contributed by atoms with Gasteiger partial charge in [0.05, 0.1) is 6.54 Å². The highest BCUT2D eigenvalue weighted by Crippen LogP contribution is 2.32. The van der Waals surface area contributed by atoms with Crippen LogP contribution in [-0.4, -0.2) is 37.5 Å². The summed E-state index contributed by atoms with van der Waals surface area (Å²) in [6.45, 7) is 2.33. The fraction of sp³-hybridized carbons (Fsp3) is 0.562. The summed E-state index contributed by atoms with van der Waals surface area (Å²) in [6, 6.07) is 6.01. The molecule has 21 heavy (non-hydrogen) atoms. The van der Waals surface area contributed by atoms with Gasteiger partial charge in [-0.3, -0.25) is 4.79 Å². The van der Waals surface area contributed by atoms with Gasteiger partial charge in [0.1, 0.15) is 0 Å². The maximum atomic E-state index is 12.3. The quantitative estimate of drug-likeness (QED) is 0.868. The van der Waals surface area contributed by atoms with Gasteiger partial charge in [0, 0.05) is 31.5 Å². The zero-order valence-corrected chi connectivity index (χ0v) is 13.4. The molecule has 0 bridgehead atoms. The Bertz CT molecular complexity index is 516. The Kier molecular flexibility index (Phi) is 4.99. The molecule has 1 aromatic carbocycles. The Labute approximate surface area is 132 Å². The molecule has 1 aliphatic carbocycles. The predicted octanol–water partition coefficient (Wildman–Crippen LogP) is 2.31. The summed E-state index contributed by atoms with van der Waals surface area (Å²) < 4.78 is 0. The summed E-state index contributed by atoms with van der Waals surface area (Å²) in [5.41, 5.74) is 9.25. The van der Waals surface area contributed by atoms with Crippen LogP contribution in [0.25, 0.3) is 0 Å². The Morgan fingerprint density at radius 2 is 2.19 bits per heavy atom. The van der Waals surface area contributed by atoms with Crippen LogP contribution in [0.3, 0.4) is 0 Å². The van der Waals surface area contributed by atoms with Crippen molar-refractivity contribution < 1.29 is 4.79 Å². The number of carbonyl (C=O) groups excluding carboxylic acids is 1. The lowest BCUT2D eigenvalue weighted by Crippen LogP contribution is -2.41. The SMILES string of the molecule is CN(CC1CC1)C(=O)CN1CCCc2c(N)cccc21.Cl. The second kappa shape index (κ2) is 6.56. The first kappa shape index (κ1) is 16.0. The lowest BCUT2D eigenvalue weighted by molar-refractivity contribution is -0.128. The highest BCUT2D eigenvalue weighted by Gasteiger charge is 2.26. The zero-order valence-electron chi connectivity index (χ0n) is 12.5. The number of halogens is 1. The standard InChI is InChI=1S/C16H23N3O.ClH/c1-18(10-12-7-8-12)16(20)11-19-9-3-4-13-14(17)5-2-6-15(13)19;/h2,5-6,12H,3-4,7-11,17H2,1H3;1H. The molecule has 1 amide bonds. The number of anilines is 2. The van der Waals surface area contributed by atoms with Crippen molar-refractivity contribution in [1.82, 2.24) is 4.90 Å². The Morgan fingerprint density at radius 3 is 2.90 bits per heavy atom. The van der Waals surface area contributed by atoms with E-state index in [0.717, 1.165) is 43.2 Å². The summed E-state index contributed by atoms with van der Waals surface area (Å²) in [5.74, 6) is 0.959. The van der Waals surface area contributed by atoms with Crippen LogP contribution in [0.2, 0.25) is 0 Å². The number of nitrogens with zero attached hydrogens (tertiary/aromatic N) is 2. The molecule has 1 saturated carbocycles. The van der Waals surface area contributed by atoms with Crippen LogP contribution in [-0.2, 0) is 11.2 Å². The van der Waals surface area contributed by atoms with Crippen molar-refractivity contribution >= 4 is 29.7 Å². The molecule has 5 heteroatoms. The monoisotopic (exact) mass is 309 g/mol. The number of nitrogen functional groups attached to an aromatic ring is 1. The molecule has 0 radical (unpaired) electrons. The number of hydrogen-bond donors (Lipinski definition) is 1. The van der Waals surface area contributed by atoms with E-state index in [1.54, 1.807) is 0 Å². The molecule has 0 atom stereocenters. The van der Waals surface area contributed by atoms with Crippen molar-refractivity contribution in [3.05, 3.63) is 23.8 Å². The molecule has 4 nitrogen and oxygen atoms in total. The van der Waals surface area contributed by atoms with Crippen molar-refractivity contribution in [2.45, 2.75) is 25.7 Å². The number of carbonyl (C=O) groups is 1. The van der Waals surface area contributed by atoms with Gasteiger partial charge in [-0.25, -0.2) is 0 Å². The van der Waals surface area contributed by atoms with E-state index >= 15 is 0 Å². The van der Waals surface area contributed by atoms with Crippen LogP contribution in [0.15, 0.2) is 18.2 Å². The number of fused-ring (bicyclic) bond motifs is 1. The number of likely N-dealkylation sites (N-methyl/N-ethyl adjacent to an activating group) is 1. The smallest absolute Gasteiger partial charge is 0.241 e. The minimum atomic E-state index is 0. The molecule has 1 heterocycles. The lowest BCUT2D eigenvalue weighted by Gasteiger charge is -2.32. The van der Waals surface area contributed by atoms with Crippen molar-refractivity contribution in [3.63, 3.8) is 0 Å². The topological polar surface area (TPSA) is 49.6 Å². The van der Waals surface area contributed by atoms with Crippen LogP contribution >= 0.6 is 12.4 Å². The average Bonchev–Trinajstić information content (AvgIpc) is 3.24. The third-order valence-electron chi connectivity index (χ3n) is 4.36. The van der Waals surface area contributed by atoms with Gasteiger partial charge in [0.15, 0.2) is 0 Å². The predicted molar refractivity (Wildman–Crippen MR) is 89.0 cm³/mol. The summed E-state index contributed by atoms with van der Waals surface area (Å²) in [7, 11) is 1.92. The first-order chi connectivity index (χ1) is 9.65. The highest BCUT2D eigenvalue weighted by atomic mass is 35.5. The first-order valence-corrected chi connectivity index (χ1v) is 7.51. The minimum Gasteiger partial charge on any atom is -0.398 e. The average molecular weight is 310 g/mol. The van der Waals surface area contributed by atoms with Gasteiger partial charge in [-0.1, -0.05) is 6.07 Å². The summed E-state index contributed by atoms with van der Waals surface area (Å²) in [6.07, 6.45) is 4.65. The third-order valence-corrected chi connectivity index (χ3v) is 4.36. The summed E-state index contributed by atoms with van der Waals surface area (Å²) in [5, 5.41) is 0. The van der Waals surface area contributed by atoms with E-state index in [-0.39, 0.29) is 18.3 Å². The second-order valence-corrected chi connectivity index (χ2v) is 6.09. The van der Waals surface area contributed by atoms with E-state index in [9.17, 15) is 4.79 Å². The molecule has 116 valence electrons. The first-order valence-electron chi connectivity index (χ1n) is 7.51. The lowest BCUT2D eigenvalue weighted by atomic mass is 10.00. The van der Waals surface area contributed by atoms with Gasteiger partial charge < -0.3 is 15.5 Å². The van der Waals surface area contributed by atoms with Crippen molar-refractivity contribution in [1.29, 1.82) is 0 Å². The van der Waals surface area contributed by atoms with Crippen LogP contribution < -0.4 is 10.6 Å². The van der Waals surface area contributed by atoms with Crippen molar-refractivity contribution in [2.24, 2.45) is 5.92 Å². The number of amides is 1. The molecule has 0 unspecified atom stereocenters. The summed E-state index contributed by atoms with van der Waals surface area (Å²) >= 11 is 0. The maximum absolute atomic E-state index is 12.3. The molecule has 1 aliphatic heterocycles. The normalized spacial score (nSPS) is 16.9. The molecule has 3 rings (SSSR count). The maximum Gasteiger partial charge on any atom is 0.241 e. The van der Waals surface area contributed by atoms with Gasteiger partial charge in [-0.05, 0) is 49.3 Å². The molecule has 0 spiro atoms. The van der Waals surface area contributed by atoms with Crippen LogP contribution in [0, 0.1) is 5.92 Å². The Balaban J connectivity index is 0.00000161.